The van der Waals surface area contributed by atoms with Crippen LogP contribution in [0.2, 0.25) is 10.0 Å². The van der Waals surface area contributed by atoms with Gasteiger partial charge in [0.2, 0.25) is 0 Å². The first-order chi connectivity index (χ1) is 12.3. The topological polar surface area (TPSA) is 32.3 Å². The summed E-state index contributed by atoms with van der Waals surface area (Å²) in [6.45, 7) is 4.06. The Hall–Kier alpha value is -1.34. The third kappa shape index (κ3) is 6.43. The number of rotatable bonds is 6. The number of aliphatic hydroxyl groups is 1. The summed E-state index contributed by atoms with van der Waals surface area (Å²) in [6, 6.07) is 5.14. The van der Waals surface area contributed by atoms with E-state index in [2.05, 4.69) is 5.32 Å². The predicted molar refractivity (Wildman–Crippen MR) is 95.8 cm³/mol. The zero-order chi connectivity index (χ0) is 19.9. The van der Waals surface area contributed by atoms with Crippen molar-refractivity contribution in [3.63, 3.8) is 0 Å². The van der Waals surface area contributed by atoms with Crippen molar-refractivity contribution < 1.29 is 22.7 Å². The summed E-state index contributed by atoms with van der Waals surface area (Å²) in [4.78, 5) is 0. The van der Waals surface area contributed by atoms with Gasteiger partial charge in [-0.15, -0.1) is 0 Å². The van der Waals surface area contributed by atoms with Crippen molar-refractivity contribution >= 4 is 23.2 Å². The van der Waals surface area contributed by atoms with Crippen LogP contribution in [0.15, 0.2) is 30.3 Å². The molecule has 0 aromatic heterocycles. The Morgan fingerprint density at radius 3 is 1.92 bits per heavy atom. The molecule has 0 fully saturated rings. The van der Waals surface area contributed by atoms with Crippen LogP contribution in [0.5, 0.6) is 0 Å². The quantitative estimate of drug-likeness (QED) is 0.566. The Bertz CT molecular complexity index is 685. The zero-order valence-corrected chi connectivity index (χ0v) is 15.7. The van der Waals surface area contributed by atoms with Gasteiger partial charge in [-0.2, -0.15) is 0 Å². The predicted octanol–water partition coefficient (Wildman–Crippen LogP) is 6.06. The van der Waals surface area contributed by atoms with Crippen LogP contribution in [-0.4, -0.2) is 11.7 Å². The summed E-state index contributed by atoms with van der Waals surface area (Å²) < 4.78 is 51.5. The molecule has 0 aliphatic rings. The van der Waals surface area contributed by atoms with Gasteiger partial charge in [-0.05, 0) is 29.8 Å². The zero-order valence-electron chi connectivity index (χ0n) is 14.2. The van der Waals surface area contributed by atoms with Gasteiger partial charge >= 0.3 is 0 Å². The molecule has 1 unspecified atom stereocenters. The van der Waals surface area contributed by atoms with Crippen LogP contribution >= 0.6 is 23.2 Å². The fraction of sp³-hybridized carbons (Fsp3) is 0.333. The first-order valence-corrected chi connectivity index (χ1v) is 8.64. The molecule has 8 heteroatoms. The molecule has 0 saturated carbocycles. The lowest BCUT2D eigenvalue weighted by atomic mass is 10.1. The second-order valence-electron chi connectivity index (χ2n) is 5.12. The van der Waals surface area contributed by atoms with Gasteiger partial charge in [-0.1, -0.05) is 37.0 Å². The van der Waals surface area contributed by atoms with Crippen LogP contribution in [0, 0.1) is 11.6 Å². The Labute approximate surface area is 159 Å². The van der Waals surface area contributed by atoms with E-state index in [1.54, 1.807) is 0 Å². The normalized spacial score (nSPS) is 11.9. The van der Waals surface area contributed by atoms with E-state index in [1.807, 2.05) is 13.8 Å². The van der Waals surface area contributed by atoms with Crippen LogP contribution in [0.3, 0.4) is 0 Å². The van der Waals surface area contributed by atoms with Crippen LogP contribution in [0.25, 0.3) is 0 Å². The van der Waals surface area contributed by atoms with Crippen molar-refractivity contribution in [1.29, 1.82) is 0 Å². The number of alkyl halides is 2. The van der Waals surface area contributed by atoms with Crippen molar-refractivity contribution in [1.82, 2.24) is 5.32 Å². The van der Waals surface area contributed by atoms with Crippen molar-refractivity contribution in [2.75, 3.05) is 6.54 Å². The van der Waals surface area contributed by atoms with Gasteiger partial charge in [0, 0.05) is 40.3 Å². The largest absolute Gasteiger partial charge is 0.387 e. The molecule has 0 aliphatic carbocycles. The van der Waals surface area contributed by atoms with Crippen molar-refractivity contribution in [2.24, 2.45) is 0 Å². The Balaban J connectivity index is 0.00000163. The minimum absolute atomic E-state index is 0.0361. The maximum Gasteiger partial charge on any atom is 0.263 e. The van der Waals surface area contributed by atoms with E-state index in [0.29, 0.717) is 5.56 Å². The van der Waals surface area contributed by atoms with Crippen LogP contribution < -0.4 is 5.32 Å². The molecule has 0 saturated heterocycles. The van der Waals surface area contributed by atoms with Crippen molar-refractivity contribution in [2.45, 2.75) is 32.9 Å². The molecule has 2 aromatic carbocycles. The SMILES string of the molecule is CC.OC(CNCc1cc(F)cc(F)c1)c1c(Cl)cc(C(F)F)cc1Cl. The minimum Gasteiger partial charge on any atom is -0.387 e. The standard InChI is InChI=1S/C16H13Cl2F4NO.C2H6/c17-12-3-9(16(21)22)4-13(18)15(12)14(24)7-23-6-8-1-10(19)5-11(20)2-8;1-2/h1-5,14,16,23-24H,6-7H2;1-2H3. The van der Waals surface area contributed by atoms with Gasteiger partial charge in [0.1, 0.15) is 11.6 Å². The molecule has 0 bridgehead atoms. The van der Waals surface area contributed by atoms with Crippen LogP contribution in [0.4, 0.5) is 17.6 Å². The van der Waals surface area contributed by atoms with E-state index in [9.17, 15) is 22.7 Å². The molecule has 2 aromatic rings. The minimum atomic E-state index is -2.73. The Morgan fingerprint density at radius 1 is 0.962 bits per heavy atom. The van der Waals surface area contributed by atoms with Gasteiger partial charge in [0.25, 0.3) is 6.43 Å². The maximum absolute atomic E-state index is 13.1. The fourth-order valence-corrected chi connectivity index (χ4v) is 2.97. The van der Waals surface area contributed by atoms with E-state index >= 15 is 0 Å². The highest BCUT2D eigenvalue weighted by molar-refractivity contribution is 6.36. The molecule has 2 N–H and O–H groups in total. The van der Waals surface area contributed by atoms with Crippen LogP contribution in [-0.2, 0) is 6.54 Å². The molecule has 26 heavy (non-hydrogen) atoms. The summed E-state index contributed by atoms with van der Waals surface area (Å²) in [5, 5.41) is 12.8. The molecule has 0 radical (unpaired) electrons. The molecular weight excluding hydrogens is 393 g/mol. The third-order valence-corrected chi connectivity index (χ3v) is 3.90. The summed E-state index contributed by atoms with van der Waals surface area (Å²) in [5.74, 6) is -1.41. The molecular formula is C18H19Cl2F4NO. The number of hydrogen-bond acceptors (Lipinski definition) is 2. The molecule has 0 heterocycles. The van der Waals surface area contributed by atoms with Gasteiger partial charge in [0.15, 0.2) is 0 Å². The highest BCUT2D eigenvalue weighted by Crippen LogP contribution is 2.34. The van der Waals surface area contributed by atoms with Gasteiger partial charge in [0.05, 0.1) is 6.10 Å². The van der Waals surface area contributed by atoms with E-state index < -0.39 is 24.2 Å². The molecule has 0 spiro atoms. The summed E-state index contributed by atoms with van der Waals surface area (Å²) in [6.07, 6.45) is -3.90. The van der Waals surface area contributed by atoms with E-state index in [1.165, 1.54) is 0 Å². The van der Waals surface area contributed by atoms with Crippen molar-refractivity contribution in [3.05, 3.63) is 68.7 Å². The highest BCUT2D eigenvalue weighted by atomic mass is 35.5. The molecule has 0 aliphatic heterocycles. The van der Waals surface area contributed by atoms with Gasteiger partial charge in [-0.25, -0.2) is 17.6 Å². The first-order valence-electron chi connectivity index (χ1n) is 7.88. The number of nitrogens with one attached hydrogen (secondary N) is 1. The second kappa shape index (κ2) is 10.7. The highest BCUT2D eigenvalue weighted by Gasteiger charge is 2.19. The fourth-order valence-electron chi connectivity index (χ4n) is 2.22. The Kier molecular flexibility index (Phi) is 9.36. The number of benzene rings is 2. The first kappa shape index (κ1) is 22.7. The number of hydrogen-bond donors (Lipinski definition) is 2. The Morgan fingerprint density at radius 2 is 1.46 bits per heavy atom. The average Bonchev–Trinajstić information content (AvgIpc) is 2.55. The summed E-state index contributed by atoms with van der Waals surface area (Å²) >= 11 is 11.8. The second-order valence-corrected chi connectivity index (χ2v) is 5.94. The monoisotopic (exact) mass is 411 g/mol. The maximum atomic E-state index is 13.1. The van der Waals surface area contributed by atoms with Crippen molar-refractivity contribution in [3.8, 4) is 0 Å². The summed E-state index contributed by atoms with van der Waals surface area (Å²) in [7, 11) is 0. The molecule has 2 rings (SSSR count). The molecule has 2 nitrogen and oxygen atoms in total. The van der Waals surface area contributed by atoms with Crippen LogP contribution in [0.1, 0.15) is 43.1 Å². The molecule has 1 atom stereocenters. The summed E-state index contributed by atoms with van der Waals surface area (Å²) in [5.41, 5.74) is 0.120. The van der Waals surface area contributed by atoms with E-state index in [4.69, 9.17) is 23.2 Å². The van der Waals surface area contributed by atoms with E-state index in [0.717, 1.165) is 30.3 Å². The van der Waals surface area contributed by atoms with E-state index in [-0.39, 0.29) is 34.3 Å². The molecule has 144 valence electrons. The molecule has 0 amide bonds. The van der Waals surface area contributed by atoms with Gasteiger partial charge < -0.3 is 10.4 Å². The number of aliphatic hydroxyl groups excluding tert-OH is 1. The lowest BCUT2D eigenvalue weighted by molar-refractivity contribution is 0.150. The third-order valence-electron chi connectivity index (χ3n) is 3.28. The lowest BCUT2D eigenvalue weighted by Crippen LogP contribution is -2.21. The lowest BCUT2D eigenvalue weighted by Gasteiger charge is -2.16. The van der Waals surface area contributed by atoms with Gasteiger partial charge in [-0.3, -0.25) is 0 Å². The average molecular weight is 412 g/mol. The smallest absolute Gasteiger partial charge is 0.263 e. The number of halogens is 6.